The van der Waals surface area contributed by atoms with Crippen LogP contribution in [0.2, 0.25) is 0 Å². The van der Waals surface area contributed by atoms with E-state index in [9.17, 15) is 23.2 Å². The zero-order valence-corrected chi connectivity index (χ0v) is 13.6. The van der Waals surface area contributed by atoms with Crippen LogP contribution in [-0.2, 0) is 6.54 Å². The highest BCUT2D eigenvalue weighted by Crippen LogP contribution is 2.49. The number of fused-ring (bicyclic) bond motifs is 1. The molecule has 1 saturated carbocycles. The third-order valence-electron chi connectivity index (χ3n) is 4.44. The summed E-state index contributed by atoms with van der Waals surface area (Å²) in [5.41, 5.74) is 2.03. The Morgan fingerprint density at radius 1 is 1.28 bits per heavy atom. The maximum atomic E-state index is 13.3. The average Bonchev–Trinajstić information content (AvgIpc) is 3.06. The van der Waals surface area contributed by atoms with E-state index in [0.29, 0.717) is 21.3 Å². The van der Waals surface area contributed by atoms with Gasteiger partial charge < -0.3 is 0 Å². The molecule has 4 rings (SSSR count). The average molecular weight is 360 g/mol. The predicted octanol–water partition coefficient (Wildman–Crippen LogP) is 4.40. The van der Waals surface area contributed by atoms with Crippen LogP contribution in [0.15, 0.2) is 41.2 Å². The highest BCUT2D eigenvalue weighted by atomic mass is 32.1. The van der Waals surface area contributed by atoms with Gasteiger partial charge in [0.15, 0.2) is 0 Å². The molecule has 1 aromatic heterocycles. The fourth-order valence-electron chi connectivity index (χ4n) is 2.96. The number of benzene rings is 2. The number of hydrogen-bond acceptors (Lipinski definition) is 3. The van der Waals surface area contributed by atoms with Crippen molar-refractivity contribution in [2.24, 2.45) is 5.92 Å². The Kier molecular flexibility index (Phi) is 3.48. The van der Waals surface area contributed by atoms with Crippen LogP contribution >= 0.6 is 11.3 Å². The van der Waals surface area contributed by atoms with E-state index < -0.39 is 17.7 Å². The van der Waals surface area contributed by atoms with Crippen molar-refractivity contribution in [1.82, 2.24) is 4.57 Å². The molecule has 0 saturated heterocycles. The third kappa shape index (κ3) is 2.72. The maximum Gasteiger partial charge on any atom is 0.308 e. The Bertz CT molecular complexity index is 1090. The van der Waals surface area contributed by atoms with Gasteiger partial charge in [0.25, 0.3) is 5.92 Å². The highest BCUT2D eigenvalue weighted by molar-refractivity contribution is 7.16. The molecule has 0 bridgehead atoms. The SMILES string of the molecule is N#Cc1cc(F)ccc1-c1ccc2c(c1)sc(=O)n2CC1CC1(F)F. The topological polar surface area (TPSA) is 45.8 Å². The zero-order valence-electron chi connectivity index (χ0n) is 12.8. The van der Waals surface area contributed by atoms with E-state index in [1.165, 1.54) is 16.7 Å². The first kappa shape index (κ1) is 15.9. The van der Waals surface area contributed by atoms with Gasteiger partial charge in [-0.2, -0.15) is 5.26 Å². The monoisotopic (exact) mass is 360 g/mol. The fourth-order valence-corrected chi connectivity index (χ4v) is 3.90. The van der Waals surface area contributed by atoms with E-state index in [0.717, 1.165) is 17.4 Å². The van der Waals surface area contributed by atoms with Crippen LogP contribution in [0.25, 0.3) is 21.3 Å². The van der Waals surface area contributed by atoms with Gasteiger partial charge in [-0.15, -0.1) is 0 Å². The van der Waals surface area contributed by atoms with E-state index in [-0.39, 0.29) is 23.4 Å². The fraction of sp³-hybridized carbons (Fsp3) is 0.222. The number of rotatable bonds is 3. The Balaban J connectivity index is 1.78. The van der Waals surface area contributed by atoms with Crippen LogP contribution in [0.1, 0.15) is 12.0 Å². The molecule has 1 aliphatic carbocycles. The van der Waals surface area contributed by atoms with Crippen LogP contribution in [0, 0.1) is 23.1 Å². The quantitative estimate of drug-likeness (QED) is 0.695. The van der Waals surface area contributed by atoms with Crippen molar-refractivity contribution in [3.8, 4) is 17.2 Å². The lowest BCUT2D eigenvalue weighted by Gasteiger charge is -2.06. The molecular formula is C18H11F3N2OS. The summed E-state index contributed by atoms with van der Waals surface area (Å²) < 4.78 is 41.6. The number of nitrogens with zero attached hydrogens (tertiary/aromatic N) is 2. The molecule has 0 N–H and O–H groups in total. The zero-order chi connectivity index (χ0) is 17.8. The summed E-state index contributed by atoms with van der Waals surface area (Å²) in [7, 11) is 0. The summed E-state index contributed by atoms with van der Waals surface area (Å²) in [5, 5.41) is 9.18. The molecule has 2 aromatic carbocycles. The number of nitriles is 1. The van der Waals surface area contributed by atoms with Crippen LogP contribution in [0.5, 0.6) is 0 Å². The first-order chi connectivity index (χ1) is 11.9. The number of hydrogen-bond donors (Lipinski definition) is 0. The van der Waals surface area contributed by atoms with Crippen molar-refractivity contribution in [3.63, 3.8) is 0 Å². The molecule has 1 unspecified atom stereocenters. The second-order valence-corrected chi connectivity index (χ2v) is 7.12. The van der Waals surface area contributed by atoms with E-state index in [4.69, 9.17) is 0 Å². The minimum absolute atomic E-state index is 0.00513. The smallest absolute Gasteiger partial charge is 0.298 e. The van der Waals surface area contributed by atoms with Gasteiger partial charge in [-0.25, -0.2) is 13.2 Å². The van der Waals surface area contributed by atoms with Gasteiger partial charge in [0, 0.05) is 18.9 Å². The molecule has 25 heavy (non-hydrogen) atoms. The number of aromatic nitrogens is 1. The van der Waals surface area contributed by atoms with Gasteiger partial charge in [0.2, 0.25) is 0 Å². The maximum absolute atomic E-state index is 13.3. The lowest BCUT2D eigenvalue weighted by atomic mass is 10.00. The van der Waals surface area contributed by atoms with Crippen molar-refractivity contribution in [3.05, 3.63) is 57.4 Å². The second-order valence-electron chi connectivity index (χ2n) is 6.12. The molecule has 3 nitrogen and oxygen atoms in total. The van der Waals surface area contributed by atoms with Crippen LogP contribution in [-0.4, -0.2) is 10.5 Å². The van der Waals surface area contributed by atoms with Crippen molar-refractivity contribution in [1.29, 1.82) is 5.26 Å². The van der Waals surface area contributed by atoms with Crippen molar-refractivity contribution in [2.45, 2.75) is 18.9 Å². The molecule has 1 heterocycles. The largest absolute Gasteiger partial charge is 0.308 e. The van der Waals surface area contributed by atoms with E-state index in [2.05, 4.69) is 0 Å². The van der Waals surface area contributed by atoms with Gasteiger partial charge in [-0.1, -0.05) is 23.5 Å². The molecule has 3 aromatic rings. The first-order valence-corrected chi connectivity index (χ1v) is 8.42. The summed E-state index contributed by atoms with van der Waals surface area (Å²) in [4.78, 5) is 11.9. The molecule has 0 aliphatic heterocycles. The van der Waals surface area contributed by atoms with E-state index >= 15 is 0 Å². The van der Waals surface area contributed by atoms with Gasteiger partial charge in [-0.3, -0.25) is 9.36 Å². The molecule has 0 radical (unpaired) electrons. The number of halogens is 3. The first-order valence-electron chi connectivity index (χ1n) is 7.60. The van der Waals surface area contributed by atoms with Crippen LogP contribution in [0.4, 0.5) is 13.2 Å². The summed E-state index contributed by atoms with van der Waals surface area (Å²) in [6, 6.07) is 11.0. The summed E-state index contributed by atoms with van der Waals surface area (Å²) in [5.74, 6) is -3.96. The minimum Gasteiger partial charge on any atom is -0.298 e. The Morgan fingerprint density at radius 3 is 2.72 bits per heavy atom. The van der Waals surface area contributed by atoms with E-state index in [1.807, 2.05) is 6.07 Å². The normalized spacial score (nSPS) is 18.2. The Hall–Kier alpha value is -2.59. The molecule has 7 heteroatoms. The summed E-state index contributed by atoms with van der Waals surface area (Å²) in [6.45, 7) is 0.00513. The van der Waals surface area contributed by atoms with Crippen molar-refractivity contribution >= 4 is 21.6 Å². The van der Waals surface area contributed by atoms with Crippen LogP contribution in [0.3, 0.4) is 0 Å². The molecule has 1 fully saturated rings. The molecule has 0 amide bonds. The highest BCUT2D eigenvalue weighted by Gasteiger charge is 2.56. The van der Waals surface area contributed by atoms with Gasteiger partial charge in [0.05, 0.1) is 21.8 Å². The molecule has 0 spiro atoms. The lowest BCUT2D eigenvalue weighted by molar-refractivity contribution is 0.0953. The third-order valence-corrected chi connectivity index (χ3v) is 5.38. The van der Waals surface area contributed by atoms with Gasteiger partial charge in [-0.05, 0) is 35.4 Å². The second kappa shape index (κ2) is 5.46. The number of alkyl halides is 2. The Morgan fingerprint density at radius 2 is 2.04 bits per heavy atom. The molecular weight excluding hydrogens is 349 g/mol. The van der Waals surface area contributed by atoms with E-state index in [1.54, 1.807) is 18.2 Å². The van der Waals surface area contributed by atoms with Crippen LogP contribution < -0.4 is 4.87 Å². The predicted molar refractivity (Wildman–Crippen MR) is 89.2 cm³/mol. The van der Waals surface area contributed by atoms with Crippen molar-refractivity contribution < 1.29 is 13.2 Å². The standard InChI is InChI=1S/C18H11F3N2OS/c19-13-2-3-14(11(5-13)8-22)10-1-4-15-16(6-10)25-17(24)23(15)9-12-7-18(12,20)21/h1-6,12H,7,9H2. The van der Waals surface area contributed by atoms with Crippen molar-refractivity contribution in [2.75, 3.05) is 0 Å². The molecule has 1 atom stereocenters. The summed E-state index contributed by atoms with van der Waals surface area (Å²) >= 11 is 0.980. The summed E-state index contributed by atoms with van der Waals surface area (Å²) in [6.07, 6.45) is -0.185. The minimum atomic E-state index is -2.68. The molecule has 126 valence electrons. The lowest BCUT2D eigenvalue weighted by Crippen LogP contribution is -2.15. The molecule has 1 aliphatic rings. The number of thiazole rings is 1. The van der Waals surface area contributed by atoms with Gasteiger partial charge >= 0.3 is 4.87 Å². The Labute approximate surface area is 144 Å². The van der Waals surface area contributed by atoms with Gasteiger partial charge in [0.1, 0.15) is 5.82 Å².